The normalized spacial score (nSPS) is 32.7. The van der Waals surface area contributed by atoms with Crippen molar-refractivity contribution in [2.45, 2.75) is 37.6 Å². The number of hydrogen-bond acceptors (Lipinski definition) is 7. The van der Waals surface area contributed by atoms with E-state index in [1.165, 1.54) is 19.1 Å². The highest BCUT2D eigenvalue weighted by Gasteiger charge is 2.43. The van der Waals surface area contributed by atoms with Crippen LogP contribution in [-0.2, 0) is 4.74 Å². The molecular weight excluding hydrogens is 306 g/mol. The number of hydrogen-bond donors (Lipinski definition) is 3. The second-order valence-corrected chi connectivity index (χ2v) is 5.08. The van der Waals surface area contributed by atoms with Crippen LogP contribution < -0.4 is 4.74 Å². The predicted molar refractivity (Wildman–Crippen MR) is 71.1 cm³/mol. The van der Waals surface area contributed by atoms with Crippen molar-refractivity contribution < 1.29 is 29.7 Å². The van der Waals surface area contributed by atoms with Gasteiger partial charge in [-0.2, -0.15) is 0 Å². The lowest BCUT2D eigenvalue weighted by molar-refractivity contribution is -0.384. The second-order valence-electron chi connectivity index (χ2n) is 4.67. The minimum absolute atomic E-state index is 0.0340. The summed E-state index contributed by atoms with van der Waals surface area (Å²) in [7, 11) is 0. The van der Waals surface area contributed by atoms with Crippen molar-refractivity contribution in [2.75, 3.05) is 0 Å². The summed E-state index contributed by atoms with van der Waals surface area (Å²) in [5.74, 6) is 0.0575. The molecular formula is C12H14ClNO7. The zero-order valence-corrected chi connectivity index (χ0v) is 11.7. The average Bonchev–Trinajstić information content (AvgIpc) is 2.44. The number of ether oxygens (including phenoxy) is 2. The molecule has 9 heteroatoms. The zero-order chi connectivity index (χ0) is 15.7. The maximum Gasteiger partial charge on any atom is 0.271 e. The third kappa shape index (κ3) is 3.25. The SMILES string of the molecule is C[C@H]1O[C@H](Oc2ccc([N+](=O)[O-])cc2Cl)[C@H](O)[C@@H](O)[C@@H]1O. The molecule has 0 amide bonds. The van der Waals surface area contributed by atoms with Crippen molar-refractivity contribution in [1.29, 1.82) is 0 Å². The minimum Gasteiger partial charge on any atom is -0.460 e. The van der Waals surface area contributed by atoms with Gasteiger partial charge < -0.3 is 24.8 Å². The fourth-order valence-electron chi connectivity index (χ4n) is 1.93. The van der Waals surface area contributed by atoms with E-state index >= 15 is 0 Å². The summed E-state index contributed by atoms with van der Waals surface area (Å²) in [6.45, 7) is 1.51. The number of nitro groups is 1. The molecule has 1 saturated heterocycles. The van der Waals surface area contributed by atoms with E-state index in [9.17, 15) is 25.4 Å². The summed E-state index contributed by atoms with van der Waals surface area (Å²) < 4.78 is 10.6. The fourth-order valence-corrected chi connectivity index (χ4v) is 2.15. The summed E-state index contributed by atoms with van der Waals surface area (Å²) in [6, 6.07) is 3.55. The zero-order valence-electron chi connectivity index (χ0n) is 10.9. The second kappa shape index (κ2) is 6.12. The molecule has 5 atom stereocenters. The summed E-state index contributed by atoms with van der Waals surface area (Å²) >= 11 is 5.86. The monoisotopic (exact) mass is 319 g/mol. The fraction of sp³-hybridized carbons (Fsp3) is 0.500. The third-order valence-electron chi connectivity index (χ3n) is 3.18. The molecule has 21 heavy (non-hydrogen) atoms. The molecule has 0 spiro atoms. The van der Waals surface area contributed by atoms with Gasteiger partial charge in [0.2, 0.25) is 6.29 Å². The number of halogens is 1. The average molecular weight is 320 g/mol. The predicted octanol–water partition coefficient (Wildman–Crippen LogP) is 0.454. The summed E-state index contributed by atoms with van der Waals surface area (Å²) in [5, 5.41) is 39.6. The Hall–Kier alpha value is -1.45. The van der Waals surface area contributed by atoms with Gasteiger partial charge in [0.05, 0.1) is 16.0 Å². The van der Waals surface area contributed by atoms with Crippen LogP contribution in [0.25, 0.3) is 0 Å². The first-order valence-corrected chi connectivity index (χ1v) is 6.49. The van der Waals surface area contributed by atoms with Gasteiger partial charge in [-0.25, -0.2) is 0 Å². The first-order chi connectivity index (χ1) is 9.81. The van der Waals surface area contributed by atoms with Crippen molar-refractivity contribution in [3.05, 3.63) is 33.3 Å². The Bertz CT molecular complexity index is 540. The number of non-ortho nitro benzene ring substituents is 1. The van der Waals surface area contributed by atoms with Crippen molar-refractivity contribution >= 4 is 17.3 Å². The topological polar surface area (TPSA) is 122 Å². The number of benzene rings is 1. The van der Waals surface area contributed by atoms with Crippen LogP contribution >= 0.6 is 11.6 Å². The highest BCUT2D eigenvalue weighted by Crippen LogP contribution is 2.31. The molecule has 1 aromatic carbocycles. The lowest BCUT2D eigenvalue weighted by Crippen LogP contribution is -2.58. The van der Waals surface area contributed by atoms with Crippen LogP contribution in [0.2, 0.25) is 5.02 Å². The lowest BCUT2D eigenvalue weighted by Gasteiger charge is -2.38. The summed E-state index contributed by atoms with van der Waals surface area (Å²) in [5.41, 5.74) is -0.207. The number of nitro benzene ring substituents is 1. The molecule has 1 heterocycles. The van der Waals surface area contributed by atoms with Gasteiger partial charge >= 0.3 is 0 Å². The molecule has 0 bridgehead atoms. The van der Waals surface area contributed by atoms with Crippen LogP contribution in [0, 0.1) is 10.1 Å². The van der Waals surface area contributed by atoms with Crippen LogP contribution in [0.3, 0.4) is 0 Å². The Morgan fingerprint density at radius 3 is 2.52 bits per heavy atom. The van der Waals surface area contributed by atoms with Crippen molar-refractivity contribution in [3.63, 3.8) is 0 Å². The molecule has 1 aliphatic heterocycles. The summed E-state index contributed by atoms with van der Waals surface area (Å²) in [6.07, 6.45) is -6.17. The van der Waals surface area contributed by atoms with E-state index < -0.39 is 35.6 Å². The number of aliphatic hydroxyl groups is 3. The third-order valence-corrected chi connectivity index (χ3v) is 3.47. The molecule has 3 N–H and O–H groups in total. The van der Waals surface area contributed by atoms with E-state index in [-0.39, 0.29) is 16.5 Å². The van der Waals surface area contributed by atoms with Gasteiger partial charge in [0.25, 0.3) is 5.69 Å². The Kier molecular flexibility index (Phi) is 4.64. The molecule has 1 aliphatic rings. The minimum atomic E-state index is -1.48. The van der Waals surface area contributed by atoms with Crippen molar-refractivity contribution in [3.8, 4) is 5.75 Å². The van der Waals surface area contributed by atoms with Gasteiger partial charge in [-0.05, 0) is 13.0 Å². The van der Waals surface area contributed by atoms with E-state index in [2.05, 4.69) is 0 Å². The van der Waals surface area contributed by atoms with E-state index in [0.29, 0.717) is 0 Å². The molecule has 0 aromatic heterocycles. The van der Waals surface area contributed by atoms with Crippen molar-refractivity contribution in [2.24, 2.45) is 0 Å². The Balaban J connectivity index is 2.16. The standard InChI is InChI=1S/C12H14ClNO7/c1-5-9(15)10(16)11(17)12(20-5)21-8-3-2-6(14(18)19)4-7(8)13/h2-5,9-12,15-17H,1H3/t5-,9-,10+,11-,12-/m1/s1. The van der Waals surface area contributed by atoms with Gasteiger partial charge in [0.1, 0.15) is 24.1 Å². The first-order valence-electron chi connectivity index (χ1n) is 6.11. The quantitative estimate of drug-likeness (QED) is 0.546. The van der Waals surface area contributed by atoms with Crippen LogP contribution in [0.15, 0.2) is 18.2 Å². The Morgan fingerprint density at radius 2 is 1.95 bits per heavy atom. The van der Waals surface area contributed by atoms with Crippen LogP contribution in [0.5, 0.6) is 5.75 Å². The molecule has 0 aliphatic carbocycles. The molecule has 0 radical (unpaired) electrons. The maximum atomic E-state index is 10.6. The first kappa shape index (κ1) is 15.9. The molecule has 0 unspecified atom stereocenters. The molecule has 8 nitrogen and oxygen atoms in total. The van der Waals surface area contributed by atoms with Gasteiger partial charge in [-0.15, -0.1) is 0 Å². The van der Waals surface area contributed by atoms with Crippen LogP contribution in [0.1, 0.15) is 6.92 Å². The molecule has 1 aromatic rings. The van der Waals surface area contributed by atoms with E-state index in [1.54, 1.807) is 0 Å². The van der Waals surface area contributed by atoms with Crippen LogP contribution in [-0.4, -0.2) is 50.9 Å². The molecule has 116 valence electrons. The highest BCUT2D eigenvalue weighted by molar-refractivity contribution is 6.32. The van der Waals surface area contributed by atoms with E-state index in [1.807, 2.05) is 0 Å². The van der Waals surface area contributed by atoms with Gasteiger partial charge in [0, 0.05) is 12.1 Å². The van der Waals surface area contributed by atoms with E-state index in [4.69, 9.17) is 21.1 Å². The van der Waals surface area contributed by atoms with Crippen molar-refractivity contribution in [1.82, 2.24) is 0 Å². The number of nitrogens with zero attached hydrogens (tertiary/aromatic N) is 1. The highest BCUT2D eigenvalue weighted by atomic mass is 35.5. The van der Waals surface area contributed by atoms with Crippen LogP contribution in [0.4, 0.5) is 5.69 Å². The largest absolute Gasteiger partial charge is 0.460 e. The number of rotatable bonds is 3. The maximum absolute atomic E-state index is 10.6. The van der Waals surface area contributed by atoms with Gasteiger partial charge in [0.15, 0.2) is 0 Å². The summed E-state index contributed by atoms with van der Waals surface area (Å²) in [4.78, 5) is 10.0. The lowest BCUT2D eigenvalue weighted by atomic mass is 10.00. The Morgan fingerprint density at radius 1 is 1.29 bits per heavy atom. The molecule has 2 rings (SSSR count). The number of aliphatic hydroxyl groups excluding tert-OH is 3. The van der Waals surface area contributed by atoms with Gasteiger partial charge in [-0.3, -0.25) is 10.1 Å². The molecule has 0 saturated carbocycles. The molecule has 1 fully saturated rings. The smallest absolute Gasteiger partial charge is 0.271 e. The van der Waals surface area contributed by atoms with E-state index in [0.717, 1.165) is 6.07 Å². The Labute approximate surface area is 124 Å². The van der Waals surface area contributed by atoms with Gasteiger partial charge in [-0.1, -0.05) is 11.6 Å².